The highest BCUT2D eigenvalue weighted by Crippen LogP contribution is 2.24. The Morgan fingerprint density at radius 2 is 1.95 bits per heavy atom. The lowest BCUT2D eigenvalue weighted by atomic mass is 10.0. The summed E-state index contributed by atoms with van der Waals surface area (Å²) in [4.78, 5) is 6.32. The second-order valence-electron chi connectivity index (χ2n) is 4.84. The number of benzene rings is 1. The summed E-state index contributed by atoms with van der Waals surface area (Å²) in [6.07, 6.45) is 2.50. The molecule has 1 heterocycles. The van der Waals surface area contributed by atoms with Crippen LogP contribution in [-0.4, -0.2) is 28.6 Å². The van der Waals surface area contributed by atoms with Gasteiger partial charge in [0.1, 0.15) is 5.15 Å². The molecule has 106 valence electrons. The Morgan fingerprint density at radius 1 is 1.20 bits per heavy atom. The third kappa shape index (κ3) is 4.04. The maximum atomic E-state index is 9.29. The molecule has 0 amide bonds. The zero-order chi connectivity index (χ0) is 14.4. The molecule has 0 aliphatic rings. The Labute approximate surface area is 124 Å². The van der Waals surface area contributed by atoms with E-state index in [1.807, 2.05) is 24.3 Å². The van der Waals surface area contributed by atoms with Gasteiger partial charge in [-0.05, 0) is 30.7 Å². The number of nitrogens with zero attached hydrogens (tertiary/aromatic N) is 2. The highest BCUT2D eigenvalue weighted by molar-refractivity contribution is 6.29. The number of hydrogen-bond acceptors (Lipinski definition) is 3. The van der Waals surface area contributed by atoms with Crippen LogP contribution >= 0.6 is 11.6 Å². The second-order valence-corrected chi connectivity index (χ2v) is 5.23. The third-order valence-electron chi connectivity index (χ3n) is 3.34. The molecule has 1 aromatic carbocycles. The van der Waals surface area contributed by atoms with E-state index >= 15 is 0 Å². The van der Waals surface area contributed by atoms with Crippen LogP contribution in [-0.2, 0) is 6.54 Å². The molecule has 1 aromatic heterocycles. The Bertz CT molecular complexity index is 516. The monoisotopic (exact) mass is 290 g/mol. The number of rotatable bonds is 6. The summed E-state index contributed by atoms with van der Waals surface area (Å²) in [5.74, 6) is 0. The molecule has 0 bridgehead atoms. The Hall–Kier alpha value is -1.42. The number of pyridine rings is 1. The number of aliphatic hydroxyl groups excluding tert-OH is 1. The lowest BCUT2D eigenvalue weighted by molar-refractivity contribution is 0.180. The predicted octanol–water partition coefficient (Wildman–Crippen LogP) is 3.29. The average Bonchev–Trinajstić information content (AvgIpc) is 2.48. The zero-order valence-electron chi connectivity index (χ0n) is 11.5. The fourth-order valence-corrected chi connectivity index (χ4v) is 2.45. The molecule has 0 spiro atoms. The Kier molecular flexibility index (Phi) is 5.53. The Morgan fingerprint density at radius 3 is 2.55 bits per heavy atom. The SMILES string of the molecule is CN(Cc1ccc(Cl)nc1)C(CCO)c1ccccc1. The molecule has 1 N–H and O–H groups in total. The van der Waals surface area contributed by atoms with Crippen molar-refractivity contribution in [3.8, 4) is 0 Å². The first-order valence-electron chi connectivity index (χ1n) is 6.67. The van der Waals surface area contributed by atoms with Gasteiger partial charge in [0.05, 0.1) is 0 Å². The summed E-state index contributed by atoms with van der Waals surface area (Å²) in [6, 6.07) is 14.2. The van der Waals surface area contributed by atoms with E-state index in [2.05, 4.69) is 29.1 Å². The minimum atomic E-state index is 0.169. The van der Waals surface area contributed by atoms with E-state index in [1.54, 1.807) is 12.3 Å². The highest BCUT2D eigenvalue weighted by Gasteiger charge is 2.16. The minimum absolute atomic E-state index is 0.169. The van der Waals surface area contributed by atoms with Gasteiger partial charge < -0.3 is 5.11 Å². The zero-order valence-corrected chi connectivity index (χ0v) is 12.3. The number of hydrogen-bond donors (Lipinski definition) is 1. The van der Waals surface area contributed by atoms with Crippen LogP contribution in [0.15, 0.2) is 48.7 Å². The van der Waals surface area contributed by atoms with Crippen LogP contribution in [0.4, 0.5) is 0 Å². The quantitative estimate of drug-likeness (QED) is 0.830. The topological polar surface area (TPSA) is 36.4 Å². The summed E-state index contributed by atoms with van der Waals surface area (Å²) < 4.78 is 0. The van der Waals surface area contributed by atoms with E-state index in [-0.39, 0.29) is 12.6 Å². The van der Waals surface area contributed by atoms with E-state index in [1.165, 1.54) is 5.56 Å². The van der Waals surface area contributed by atoms with Gasteiger partial charge in [-0.2, -0.15) is 0 Å². The standard InChI is InChI=1S/C16H19ClN2O/c1-19(12-13-7-8-16(17)18-11-13)15(9-10-20)14-5-3-2-4-6-14/h2-8,11,15,20H,9-10,12H2,1H3. The fraction of sp³-hybridized carbons (Fsp3) is 0.312. The minimum Gasteiger partial charge on any atom is -0.396 e. The first-order valence-corrected chi connectivity index (χ1v) is 7.05. The molecule has 0 fully saturated rings. The maximum absolute atomic E-state index is 9.29. The van der Waals surface area contributed by atoms with Crippen LogP contribution in [0.1, 0.15) is 23.6 Å². The van der Waals surface area contributed by atoms with Gasteiger partial charge in [-0.1, -0.05) is 48.0 Å². The van der Waals surface area contributed by atoms with E-state index in [0.29, 0.717) is 11.6 Å². The predicted molar refractivity (Wildman–Crippen MR) is 81.6 cm³/mol. The molecule has 0 aliphatic carbocycles. The van der Waals surface area contributed by atoms with Crippen molar-refractivity contribution in [2.45, 2.75) is 19.0 Å². The molecule has 0 saturated heterocycles. The van der Waals surface area contributed by atoms with Gasteiger partial charge in [0.15, 0.2) is 0 Å². The first-order chi connectivity index (χ1) is 9.70. The van der Waals surface area contributed by atoms with Crippen LogP contribution in [0.5, 0.6) is 0 Å². The van der Waals surface area contributed by atoms with Crippen LogP contribution in [0.2, 0.25) is 5.15 Å². The second kappa shape index (κ2) is 7.39. The average molecular weight is 291 g/mol. The van der Waals surface area contributed by atoms with Crippen molar-refractivity contribution in [3.05, 3.63) is 64.9 Å². The number of aliphatic hydroxyl groups is 1. The molecule has 1 unspecified atom stereocenters. The first kappa shape index (κ1) is 15.0. The van der Waals surface area contributed by atoms with E-state index in [0.717, 1.165) is 12.1 Å². The van der Waals surface area contributed by atoms with Crippen LogP contribution < -0.4 is 0 Å². The van der Waals surface area contributed by atoms with Gasteiger partial charge in [0, 0.05) is 25.4 Å². The van der Waals surface area contributed by atoms with Crippen molar-refractivity contribution in [1.82, 2.24) is 9.88 Å². The van der Waals surface area contributed by atoms with Gasteiger partial charge in [-0.25, -0.2) is 4.98 Å². The molecule has 0 saturated carbocycles. The summed E-state index contributed by atoms with van der Waals surface area (Å²) in [5, 5.41) is 9.80. The van der Waals surface area contributed by atoms with Crippen molar-refractivity contribution in [2.75, 3.05) is 13.7 Å². The van der Waals surface area contributed by atoms with Crippen LogP contribution in [0, 0.1) is 0 Å². The molecule has 4 heteroatoms. The lowest BCUT2D eigenvalue weighted by Gasteiger charge is -2.28. The molecular formula is C16H19ClN2O. The molecule has 3 nitrogen and oxygen atoms in total. The maximum Gasteiger partial charge on any atom is 0.129 e. The fourth-order valence-electron chi connectivity index (χ4n) is 2.34. The molecule has 2 aromatic rings. The summed E-state index contributed by atoms with van der Waals surface area (Å²) >= 11 is 5.80. The van der Waals surface area contributed by atoms with Gasteiger partial charge in [0.2, 0.25) is 0 Å². The normalized spacial score (nSPS) is 12.6. The highest BCUT2D eigenvalue weighted by atomic mass is 35.5. The van der Waals surface area contributed by atoms with Gasteiger partial charge in [-0.15, -0.1) is 0 Å². The third-order valence-corrected chi connectivity index (χ3v) is 3.56. The smallest absolute Gasteiger partial charge is 0.129 e. The largest absolute Gasteiger partial charge is 0.396 e. The molecule has 0 radical (unpaired) electrons. The van der Waals surface area contributed by atoms with E-state index in [4.69, 9.17) is 11.6 Å². The van der Waals surface area contributed by atoms with E-state index in [9.17, 15) is 5.11 Å². The molecule has 0 aliphatic heterocycles. The molecule has 1 atom stereocenters. The van der Waals surface area contributed by atoms with Crippen LogP contribution in [0.25, 0.3) is 0 Å². The molecule has 20 heavy (non-hydrogen) atoms. The summed E-state index contributed by atoms with van der Waals surface area (Å²) in [5.41, 5.74) is 2.32. The lowest BCUT2D eigenvalue weighted by Crippen LogP contribution is -2.25. The Balaban J connectivity index is 2.11. The molecule has 2 rings (SSSR count). The van der Waals surface area contributed by atoms with Gasteiger partial charge in [-0.3, -0.25) is 4.90 Å². The van der Waals surface area contributed by atoms with Crippen LogP contribution in [0.3, 0.4) is 0 Å². The van der Waals surface area contributed by atoms with Crippen molar-refractivity contribution in [1.29, 1.82) is 0 Å². The van der Waals surface area contributed by atoms with Crippen molar-refractivity contribution < 1.29 is 5.11 Å². The van der Waals surface area contributed by atoms with Gasteiger partial charge >= 0.3 is 0 Å². The number of halogens is 1. The van der Waals surface area contributed by atoms with Crippen molar-refractivity contribution in [3.63, 3.8) is 0 Å². The number of aromatic nitrogens is 1. The van der Waals surface area contributed by atoms with E-state index < -0.39 is 0 Å². The van der Waals surface area contributed by atoms with Gasteiger partial charge in [0.25, 0.3) is 0 Å². The van der Waals surface area contributed by atoms with Crippen molar-refractivity contribution >= 4 is 11.6 Å². The molecular weight excluding hydrogens is 272 g/mol. The summed E-state index contributed by atoms with van der Waals surface area (Å²) in [7, 11) is 2.06. The van der Waals surface area contributed by atoms with Crippen molar-refractivity contribution in [2.24, 2.45) is 0 Å². The summed E-state index contributed by atoms with van der Waals surface area (Å²) in [6.45, 7) is 0.937.